The number of carbonyl (C=O) groups excluding carboxylic acids is 1. The second kappa shape index (κ2) is 23.4. The number of hydrogen-bond acceptors (Lipinski definition) is 12. The maximum Gasteiger partial charge on any atom is 0.270 e. The van der Waals surface area contributed by atoms with E-state index in [2.05, 4.69) is 63.1 Å². The Balaban J connectivity index is 0.000000108. The maximum atomic E-state index is 11.1. The zero-order valence-electron chi connectivity index (χ0n) is 43.0. The SMILES string of the molecule is Nc1ccc2c(c1)-c1cccnc1CC2.Nc1ccc2c(c1)C1CCCN[C@@H]1CC2.Nc1ccc2c(c1)C1CCCN[C@H]1CC2.O=C1CCc2ccc([N+](=O)[O-])cc2C1.O=[N+]([O-])c1ccc2c(c1)-c1cccnc1CC2. The van der Waals surface area contributed by atoms with E-state index in [0.29, 0.717) is 43.2 Å². The van der Waals surface area contributed by atoms with Crippen molar-refractivity contribution in [2.45, 2.75) is 120 Å². The van der Waals surface area contributed by atoms with Gasteiger partial charge < -0.3 is 27.8 Å². The summed E-state index contributed by atoms with van der Waals surface area (Å²) in [5.41, 5.74) is 37.6. The molecule has 0 radical (unpaired) electrons. The number of nitro groups is 2. The van der Waals surface area contributed by atoms with E-state index in [1.54, 1.807) is 24.4 Å². The summed E-state index contributed by atoms with van der Waals surface area (Å²) in [5, 5.41) is 28.6. The number of benzene rings is 5. The molecule has 14 heteroatoms. The summed E-state index contributed by atoms with van der Waals surface area (Å²) in [5.74, 6) is 1.59. The molecule has 0 spiro atoms. The number of carbonyl (C=O) groups is 1. The van der Waals surface area contributed by atoms with Crippen LogP contribution in [0.3, 0.4) is 0 Å². The highest BCUT2D eigenvalue weighted by molar-refractivity contribution is 5.83. The fourth-order valence-electron chi connectivity index (χ4n) is 12.4. The summed E-state index contributed by atoms with van der Waals surface area (Å²) >= 11 is 0. The van der Waals surface area contributed by atoms with E-state index in [4.69, 9.17) is 17.2 Å². The molecule has 7 aromatic rings. The van der Waals surface area contributed by atoms with Gasteiger partial charge in [-0.2, -0.15) is 0 Å². The van der Waals surface area contributed by atoms with Crippen molar-refractivity contribution in [3.05, 3.63) is 204 Å². The molecule has 5 aliphatic carbocycles. The smallest absolute Gasteiger partial charge is 0.270 e. The van der Waals surface area contributed by atoms with Crippen LogP contribution in [0.15, 0.2) is 128 Å². The van der Waals surface area contributed by atoms with Gasteiger partial charge in [-0.3, -0.25) is 35.0 Å². The number of rotatable bonds is 2. The zero-order valence-corrected chi connectivity index (χ0v) is 43.0. The molecule has 4 atom stereocenters. The molecule has 2 saturated heterocycles. The lowest BCUT2D eigenvalue weighted by Crippen LogP contribution is -2.42. The number of ketones is 1. The molecule has 7 aliphatic rings. The first-order chi connectivity index (χ1) is 36.9. The third kappa shape index (κ3) is 11.8. The van der Waals surface area contributed by atoms with Gasteiger partial charge in [0.1, 0.15) is 5.78 Å². The highest BCUT2D eigenvalue weighted by atomic mass is 16.6. The molecule has 0 amide bonds. The highest BCUT2D eigenvalue weighted by Crippen LogP contribution is 2.40. The Bertz CT molecular complexity index is 3210. The number of aromatic nitrogens is 2. The average molecular weight is 1020 g/mol. The summed E-state index contributed by atoms with van der Waals surface area (Å²) in [4.78, 5) is 40.4. The fraction of sp³-hybridized carbons (Fsp3) is 0.339. The van der Waals surface area contributed by atoms with Crippen LogP contribution in [-0.2, 0) is 56.2 Å². The number of non-ortho nitro benzene ring substituents is 2. The van der Waals surface area contributed by atoms with Gasteiger partial charge in [0.25, 0.3) is 11.4 Å². The second-order valence-corrected chi connectivity index (χ2v) is 21.0. The number of hydrogen-bond donors (Lipinski definition) is 5. The van der Waals surface area contributed by atoms with Gasteiger partial charge in [0.15, 0.2) is 0 Å². The van der Waals surface area contributed by atoms with Crippen molar-refractivity contribution in [3.63, 3.8) is 0 Å². The Hall–Kier alpha value is -7.81. The molecular weight excluding hydrogens is 951 g/mol. The summed E-state index contributed by atoms with van der Waals surface area (Å²) in [6.07, 6.45) is 19.4. The molecule has 14 rings (SSSR count). The van der Waals surface area contributed by atoms with Crippen molar-refractivity contribution in [3.8, 4) is 22.3 Å². The predicted octanol–water partition coefficient (Wildman–Crippen LogP) is 10.9. The highest BCUT2D eigenvalue weighted by Gasteiger charge is 2.32. The first-order valence-corrected chi connectivity index (χ1v) is 27.0. The molecule has 76 heavy (non-hydrogen) atoms. The third-order valence-electron chi connectivity index (χ3n) is 16.3. The maximum absolute atomic E-state index is 11.1. The first kappa shape index (κ1) is 51.7. The Morgan fingerprint density at radius 3 is 1.46 bits per heavy atom. The summed E-state index contributed by atoms with van der Waals surface area (Å²) in [6.45, 7) is 2.39. The summed E-state index contributed by atoms with van der Waals surface area (Å²) in [6, 6.07) is 38.2. The van der Waals surface area contributed by atoms with E-state index in [0.717, 1.165) is 76.3 Å². The lowest BCUT2D eigenvalue weighted by atomic mass is 9.75. The van der Waals surface area contributed by atoms with Crippen LogP contribution in [0.25, 0.3) is 22.3 Å². The van der Waals surface area contributed by atoms with Crippen LogP contribution < -0.4 is 27.8 Å². The quantitative estimate of drug-likeness (QED) is 0.0618. The van der Waals surface area contributed by atoms with Crippen LogP contribution in [0, 0.1) is 20.2 Å². The molecule has 8 N–H and O–H groups in total. The molecule has 14 nitrogen and oxygen atoms in total. The average Bonchev–Trinajstić information content (AvgIpc) is 3.45. The number of nitrogens with two attached hydrogens (primary N) is 3. The van der Waals surface area contributed by atoms with Gasteiger partial charge in [0.05, 0.1) is 9.85 Å². The minimum Gasteiger partial charge on any atom is -0.399 e. The topological polar surface area (TPSA) is 231 Å². The van der Waals surface area contributed by atoms with Crippen molar-refractivity contribution in [2.24, 2.45) is 0 Å². The summed E-state index contributed by atoms with van der Waals surface area (Å²) in [7, 11) is 0. The molecule has 2 fully saturated rings. The Morgan fingerprint density at radius 1 is 0.461 bits per heavy atom. The van der Waals surface area contributed by atoms with Gasteiger partial charge in [-0.1, -0.05) is 42.5 Å². The normalized spacial score (nSPS) is 19.8. The van der Waals surface area contributed by atoms with Gasteiger partial charge in [-0.25, -0.2) is 0 Å². The standard InChI is InChI=1S/C13H10N2O2.2C13H18N2.C13H12N2.C10H9NO3/c16-15(17)10-5-3-9-4-6-13-11(12(9)8-10)2-1-7-14-13;3*14-10-5-3-9-4-6-13-11(12(9)8-10)2-1-7-15-13;12-10-4-2-7-1-3-9(11(13)14)5-8(7)6-10/h1-3,5,7-8H,4,6H2;2*3,5,8,11,13,15H,1-2,4,6-7,14H2;1-3,5,7-8H,4,6,14H2;1,3,5H,2,4,6H2/t;2*11?,13-;;/m.10../s1. The van der Waals surface area contributed by atoms with Crippen LogP contribution in [0.4, 0.5) is 28.4 Å². The lowest BCUT2D eigenvalue weighted by molar-refractivity contribution is -0.385. The Kier molecular flexibility index (Phi) is 15.9. The molecule has 5 aromatic carbocycles. The number of fused-ring (bicyclic) bond motifs is 13. The number of nitrogen functional groups attached to an aromatic ring is 3. The van der Waals surface area contributed by atoms with Crippen molar-refractivity contribution in [1.82, 2.24) is 20.6 Å². The molecule has 390 valence electrons. The number of aryl methyl sites for hydroxylation is 7. The first-order valence-electron chi connectivity index (χ1n) is 27.0. The van der Waals surface area contributed by atoms with E-state index in [1.165, 1.54) is 121 Å². The Labute approximate surface area is 444 Å². The number of nitrogens with one attached hydrogen (secondary N) is 2. The fourth-order valence-corrected chi connectivity index (χ4v) is 12.4. The van der Waals surface area contributed by atoms with E-state index in [9.17, 15) is 25.0 Å². The van der Waals surface area contributed by atoms with Crippen molar-refractivity contribution >= 4 is 34.2 Å². The molecule has 2 aromatic heterocycles. The minimum atomic E-state index is -0.431. The monoisotopic (exact) mass is 1020 g/mol. The van der Waals surface area contributed by atoms with Crippen LogP contribution in [-0.4, -0.2) is 50.8 Å². The summed E-state index contributed by atoms with van der Waals surface area (Å²) < 4.78 is 0. The van der Waals surface area contributed by atoms with Crippen molar-refractivity contribution < 1.29 is 14.6 Å². The van der Waals surface area contributed by atoms with E-state index < -0.39 is 4.92 Å². The van der Waals surface area contributed by atoms with Crippen LogP contribution in [0.1, 0.15) is 113 Å². The number of nitrogens with zero attached hydrogens (tertiary/aromatic N) is 4. The number of piperidine rings is 2. The van der Waals surface area contributed by atoms with Gasteiger partial charge in [-0.05, 0) is 213 Å². The van der Waals surface area contributed by atoms with Crippen LogP contribution in [0.2, 0.25) is 0 Å². The minimum absolute atomic E-state index is 0.0680. The van der Waals surface area contributed by atoms with E-state index >= 15 is 0 Å². The van der Waals surface area contributed by atoms with Gasteiger partial charge in [0, 0.05) is 101 Å². The zero-order chi connectivity index (χ0) is 52.7. The second-order valence-electron chi connectivity index (χ2n) is 21.0. The molecule has 0 bridgehead atoms. The number of Topliss-reactive ketones (excluding diaryl/α,β-unsaturated/α-hetero) is 1. The molecule has 4 heterocycles. The largest absolute Gasteiger partial charge is 0.399 e. The van der Waals surface area contributed by atoms with E-state index in [1.807, 2.05) is 48.7 Å². The number of nitro benzene ring substituents is 2. The third-order valence-corrected chi connectivity index (χ3v) is 16.3. The number of pyridine rings is 2. The lowest BCUT2D eigenvalue weighted by Gasteiger charge is -2.38. The van der Waals surface area contributed by atoms with Gasteiger partial charge >= 0.3 is 0 Å². The van der Waals surface area contributed by atoms with Crippen molar-refractivity contribution in [1.29, 1.82) is 0 Å². The Morgan fingerprint density at radius 2 is 0.921 bits per heavy atom. The number of anilines is 3. The van der Waals surface area contributed by atoms with E-state index in [-0.39, 0.29) is 22.1 Å². The molecule has 2 aliphatic heterocycles. The predicted molar refractivity (Wildman–Crippen MR) is 301 cm³/mol. The van der Waals surface area contributed by atoms with Crippen molar-refractivity contribution in [2.75, 3.05) is 30.3 Å². The molecule has 2 unspecified atom stereocenters. The molecular formula is C62H67N9O5. The van der Waals surface area contributed by atoms with Gasteiger partial charge in [-0.15, -0.1) is 0 Å². The van der Waals surface area contributed by atoms with Gasteiger partial charge in [0.2, 0.25) is 0 Å². The van der Waals surface area contributed by atoms with Crippen LogP contribution >= 0.6 is 0 Å². The molecule has 0 saturated carbocycles. The van der Waals surface area contributed by atoms with Crippen LogP contribution in [0.5, 0.6) is 0 Å².